The molecule has 2 N–H and O–H groups in total. The van der Waals surface area contributed by atoms with Gasteiger partial charge in [-0.1, -0.05) is 24.3 Å². The Bertz CT molecular complexity index is 934. The van der Waals surface area contributed by atoms with Gasteiger partial charge in [-0.2, -0.15) is 0 Å². The maximum atomic E-state index is 6.34. The number of benzene rings is 1. The largest absolute Gasteiger partial charge is 0.484 e. The van der Waals surface area contributed by atoms with Crippen molar-refractivity contribution in [2.45, 2.75) is 44.4 Å². The van der Waals surface area contributed by atoms with Gasteiger partial charge in [-0.3, -0.25) is 4.40 Å². The Labute approximate surface area is 152 Å². The van der Waals surface area contributed by atoms with Crippen LogP contribution in [0.15, 0.2) is 42.6 Å². The standard InChI is InChI=1S/C20H24N4O2/c1-20(2,25-3)19-23-22-18-11-8-13(12-24(18)19)26-17-10-9-16(21)14-6-4-5-7-15(14)17/h4-8,11-12,16-17H,9-10,21H2,1-3H3/t16-,17+/m0/s1. The molecule has 0 aliphatic heterocycles. The molecule has 0 radical (unpaired) electrons. The van der Waals surface area contributed by atoms with Crippen LogP contribution in [-0.2, 0) is 10.3 Å². The van der Waals surface area contributed by atoms with E-state index in [9.17, 15) is 0 Å². The molecule has 6 nitrogen and oxygen atoms in total. The quantitative estimate of drug-likeness (QED) is 0.777. The fraction of sp³-hybridized carbons (Fsp3) is 0.400. The van der Waals surface area contributed by atoms with Crippen LogP contribution in [0.1, 0.15) is 55.8 Å². The van der Waals surface area contributed by atoms with Crippen LogP contribution in [0.5, 0.6) is 5.75 Å². The van der Waals surface area contributed by atoms with E-state index in [2.05, 4.69) is 22.3 Å². The van der Waals surface area contributed by atoms with Crippen LogP contribution in [0.3, 0.4) is 0 Å². The lowest BCUT2D eigenvalue weighted by Crippen LogP contribution is -2.24. The van der Waals surface area contributed by atoms with Gasteiger partial charge in [-0.25, -0.2) is 0 Å². The Balaban J connectivity index is 1.68. The molecule has 4 rings (SSSR count). The van der Waals surface area contributed by atoms with E-state index in [1.165, 1.54) is 11.1 Å². The number of hydrogen-bond acceptors (Lipinski definition) is 5. The Morgan fingerprint density at radius 3 is 2.62 bits per heavy atom. The van der Waals surface area contributed by atoms with Crippen molar-refractivity contribution in [2.75, 3.05) is 7.11 Å². The molecule has 2 aromatic heterocycles. The molecule has 2 atom stereocenters. The Hall–Kier alpha value is -2.44. The second kappa shape index (κ2) is 6.37. The smallest absolute Gasteiger partial charge is 0.169 e. The van der Waals surface area contributed by atoms with Crippen molar-refractivity contribution in [1.29, 1.82) is 0 Å². The number of nitrogens with two attached hydrogens (primary N) is 1. The number of rotatable bonds is 4. The van der Waals surface area contributed by atoms with Gasteiger partial charge >= 0.3 is 0 Å². The number of pyridine rings is 1. The lowest BCUT2D eigenvalue weighted by Gasteiger charge is -2.30. The highest BCUT2D eigenvalue weighted by molar-refractivity contribution is 5.43. The third kappa shape index (κ3) is 2.85. The molecule has 0 bridgehead atoms. The summed E-state index contributed by atoms with van der Waals surface area (Å²) in [5, 5.41) is 8.52. The summed E-state index contributed by atoms with van der Waals surface area (Å²) in [7, 11) is 1.67. The summed E-state index contributed by atoms with van der Waals surface area (Å²) >= 11 is 0. The highest BCUT2D eigenvalue weighted by Gasteiger charge is 2.28. The van der Waals surface area contributed by atoms with Gasteiger partial charge < -0.3 is 15.2 Å². The number of aromatic nitrogens is 3. The second-order valence-electron chi connectivity index (χ2n) is 7.25. The van der Waals surface area contributed by atoms with E-state index < -0.39 is 5.60 Å². The zero-order valence-corrected chi connectivity index (χ0v) is 15.3. The van der Waals surface area contributed by atoms with Crippen LogP contribution < -0.4 is 10.5 Å². The van der Waals surface area contributed by atoms with Gasteiger partial charge in [0.1, 0.15) is 17.5 Å². The van der Waals surface area contributed by atoms with Crippen molar-refractivity contribution < 1.29 is 9.47 Å². The van der Waals surface area contributed by atoms with Gasteiger partial charge in [-0.15, -0.1) is 10.2 Å². The van der Waals surface area contributed by atoms with Gasteiger partial charge in [0.25, 0.3) is 0 Å². The van der Waals surface area contributed by atoms with E-state index in [-0.39, 0.29) is 12.1 Å². The van der Waals surface area contributed by atoms with Crippen molar-refractivity contribution in [3.63, 3.8) is 0 Å². The summed E-state index contributed by atoms with van der Waals surface area (Å²) in [6.45, 7) is 3.94. The van der Waals surface area contributed by atoms with Crippen molar-refractivity contribution >= 4 is 5.65 Å². The number of methoxy groups -OCH3 is 1. The van der Waals surface area contributed by atoms with Crippen LogP contribution in [0.2, 0.25) is 0 Å². The molecule has 26 heavy (non-hydrogen) atoms. The number of fused-ring (bicyclic) bond motifs is 2. The SMILES string of the molecule is COC(C)(C)c1nnc2ccc(O[C@@H]3CC[C@H](N)c4ccccc43)cn12. The molecule has 1 aliphatic carbocycles. The Morgan fingerprint density at radius 2 is 1.85 bits per heavy atom. The average Bonchev–Trinajstić information content (AvgIpc) is 3.08. The van der Waals surface area contributed by atoms with Gasteiger partial charge in [0.2, 0.25) is 0 Å². The molecule has 0 unspecified atom stereocenters. The van der Waals surface area contributed by atoms with Gasteiger partial charge in [0.05, 0.1) is 6.20 Å². The number of hydrogen-bond donors (Lipinski definition) is 1. The van der Waals surface area contributed by atoms with Crippen molar-refractivity contribution in [3.8, 4) is 5.75 Å². The zero-order valence-electron chi connectivity index (χ0n) is 15.3. The monoisotopic (exact) mass is 352 g/mol. The van der Waals surface area contributed by atoms with Gasteiger partial charge in [-0.05, 0) is 49.9 Å². The van der Waals surface area contributed by atoms with Crippen molar-refractivity contribution in [3.05, 3.63) is 59.5 Å². The highest BCUT2D eigenvalue weighted by atomic mass is 16.5. The maximum Gasteiger partial charge on any atom is 0.169 e. The van der Waals surface area contributed by atoms with Crippen LogP contribution in [0, 0.1) is 0 Å². The van der Waals surface area contributed by atoms with Crippen LogP contribution >= 0.6 is 0 Å². The predicted octanol–water partition coefficient (Wildman–Crippen LogP) is 3.52. The molecular formula is C20H24N4O2. The minimum absolute atomic E-state index is 0.00110. The molecule has 1 aliphatic rings. The van der Waals surface area contributed by atoms with Crippen LogP contribution in [0.4, 0.5) is 0 Å². The van der Waals surface area contributed by atoms with E-state index >= 15 is 0 Å². The summed E-state index contributed by atoms with van der Waals surface area (Å²) < 4.78 is 13.8. The zero-order chi connectivity index (χ0) is 18.3. The number of ether oxygens (including phenoxy) is 2. The van der Waals surface area contributed by atoms with E-state index in [0.29, 0.717) is 0 Å². The Kier molecular flexibility index (Phi) is 4.17. The Morgan fingerprint density at radius 1 is 1.08 bits per heavy atom. The second-order valence-corrected chi connectivity index (χ2v) is 7.25. The minimum Gasteiger partial charge on any atom is -0.484 e. The molecule has 0 amide bonds. The van der Waals surface area contributed by atoms with Crippen LogP contribution in [-0.4, -0.2) is 21.7 Å². The normalized spacial score (nSPS) is 20.2. The first-order valence-electron chi connectivity index (χ1n) is 8.91. The van der Waals surface area contributed by atoms with E-state index in [0.717, 1.165) is 30.1 Å². The maximum absolute atomic E-state index is 6.34. The topological polar surface area (TPSA) is 74.7 Å². The molecule has 0 saturated carbocycles. The van der Waals surface area contributed by atoms with E-state index in [4.69, 9.17) is 15.2 Å². The van der Waals surface area contributed by atoms with E-state index in [1.54, 1.807) is 7.11 Å². The first-order valence-corrected chi connectivity index (χ1v) is 8.91. The first-order chi connectivity index (χ1) is 12.5. The third-order valence-electron chi connectivity index (χ3n) is 5.18. The molecule has 136 valence electrons. The van der Waals surface area contributed by atoms with E-state index in [1.807, 2.05) is 48.7 Å². The van der Waals surface area contributed by atoms with Crippen LogP contribution in [0.25, 0.3) is 5.65 Å². The molecule has 6 heteroatoms. The highest BCUT2D eigenvalue weighted by Crippen LogP contribution is 2.37. The summed E-state index contributed by atoms with van der Waals surface area (Å²) in [5.41, 5.74) is 8.83. The first kappa shape index (κ1) is 17.0. The fourth-order valence-electron chi connectivity index (χ4n) is 3.51. The molecule has 0 saturated heterocycles. The minimum atomic E-state index is -0.539. The van der Waals surface area contributed by atoms with Gasteiger partial charge in [0.15, 0.2) is 11.5 Å². The summed E-state index contributed by atoms with van der Waals surface area (Å²) in [5.74, 6) is 1.52. The summed E-state index contributed by atoms with van der Waals surface area (Å²) in [4.78, 5) is 0. The van der Waals surface area contributed by atoms with Crippen molar-refractivity contribution in [2.24, 2.45) is 5.73 Å². The molecule has 2 heterocycles. The molecule has 0 fully saturated rings. The molecular weight excluding hydrogens is 328 g/mol. The third-order valence-corrected chi connectivity index (χ3v) is 5.18. The average molecular weight is 352 g/mol. The molecule has 0 spiro atoms. The number of nitrogens with zero attached hydrogens (tertiary/aromatic N) is 3. The summed E-state index contributed by atoms with van der Waals surface area (Å²) in [6, 6.07) is 12.2. The predicted molar refractivity (Wildman–Crippen MR) is 99.0 cm³/mol. The molecule has 3 aromatic rings. The van der Waals surface area contributed by atoms with Gasteiger partial charge in [0, 0.05) is 13.2 Å². The summed E-state index contributed by atoms with van der Waals surface area (Å²) in [6.07, 6.45) is 3.74. The fourth-order valence-corrected chi connectivity index (χ4v) is 3.51. The van der Waals surface area contributed by atoms with Crippen molar-refractivity contribution in [1.82, 2.24) is 14.6 Å². The lowest BCUT2D eigenvalue weighted by atomic mass is 9.86. The lowest BCUT2D eigenvalue weighted by molar-refractivity contribution is 0.0106. The molecule has 1 aromatic carbocycles.